The minimum atomic E-state index is -3.97. The molecular weight excluding hydrogens is 464 g/mol. The predicted molar refractivity (Wildman–Crippen MR) is 120 cm³/mol. The van der Waals surface area contributed by atoms with Gasteiger partial charge in [0.05, 0.1) is 29.1 Å². The SMILES string of the molecule is CN(CC(=O)NC(c1ccccc1)c1ccc(OC(F)F)cc1)S(=O)(=O)c1ccc(C#N)cc1. The number of sulfonamides is 1. The summed E-state index contributed by atoms with van der Waals surface area (Å²) in [5.41, 5.74) is 1.63. The minimum Gasteiger partial charge on any atom is -0.435 e. The number of amides is 1. The molecule has 7 nitrogen and oxygen atoms in total. The zero-order chi connectivity index (χ0) is 24.7. The number of rotatable bonds is 9. The number of carbonyl (C=O) groups is 1. The summed E-state index contributed by atoms with van der Waals surface area (Å²) in [5, 5.41) is 11.7. The molecule has 0 saturated carbocycles. The van der Waals surface area contributed by atoms with E-state index in [1.54, 1.807) is 42.5 Å². The van der Waals surface area contributed by atoms with Crippen LogP contribution in [0.5, 0.6) is 5.75 Å². The Kier molecular flexibility index (Phi) is 7.94. The van der Waals surface area contributed by atoms with Crippen molar-refractivity contribution in [2.24, 2.45) is 0 Å². The molecule has 10 heteroatoms. The van der Waals surface area contributed by atoms with E-state index in [0.717, 1.165) is 9.87 Å². The summed E-state index contributed by atoms with van der Waals surface area (Å²) in [6.45, 7) is -3.41. The highest BCUT2D eigenvalue weighted by molar-refractivity contribution is 7.89. The minimum absolute atomic E-state index is 0.0230. The highest BCUT2D eigenvalue weighted by atomic mass is 32.2. The van der Waals surface area contributed by atoms with Crippen molar-refractivity contribution >= 4 is 15.9 Å². The average molecular weight is 486 g/mol. The van der Waals surface area contributed by atoms with E-state index < -0.39 is 35.1 Å². The number of hydrogen-bond acceptors (Lipinski definition) is 5. The highest BCUT2D eigenvalue weighted by Crippen LogP contribution is 2.25. The molecule has 1 atom stereocenters. The molecule has 1 N–H and O–H groups in total. The van der Waals surface area contributed by atoms with Crippen LogP contribution in [0.25, 0.3) is 0 Å². The second-order valence-electron chi connectivity index (χ2n) is 7.26. The molecular formula is C24H21F2N3O4S. The largest absolute Gasteiger partial charge is 0.435 e. The molecule has 0 fully saturated rings. The fourth-order valence-corrected chi connectivity index (χ4v) is 4.35. The number of alkyl halides is 2. The Hall–Kier alpha value is -3.81. The van der Waals surface area contributed by atoms with Crippen LogP contribution in [-0.4, -0.2) is 38.8 Å². The van der Waals surface area contributed by atoms with Gasteiger partial charge in [-0.25, -0.2) is 8.42 Å². The van der Waals surface area contributed by atoms with E-state index in [4.69, 9.17) is 5.26 Å². The zero-order valence-electron chi connectivity index (χ0n) is 18.1. The van der Waals surface area contributed by atoms with Crippen molar-refractivity contribution in [2.75, 3.05) is 13.6 Å². The Morgan fingerprint density at radius 1 is 1.00 bits per heavy atom. The van der Waals surface area contributed by atoms with E-state index in [0.29, 0.717) is 11.1 Å². The van der Waals surface area contributed by atoms with E-state index in [-0.39, 0.29) is 10.6 Å². The second-order valence-corrected chi connectivity index (χ2v) is 9.30. The molecule has 0 aliphatic carbocycles. The van der Waals surface area contributed by atoms with Crippen LogP contribution in [0.3, 0.4) is 0 Å². The van der Waals surface area contributed by atoms with Gasteiger partial charge in [-0.3, -0.25) is 4.79 Å². The third kappa shape index (κ3) is 6.15. The lowest BCUT2D eigenvalue weighted by Gasteiger charge is -2.22. The van der Waals surface area contributed by atoms with Gasteiger partial charge in [0.15, 0.2) is 0 Å². The number of benzene rings is 3. The van der Waals surface area contributed by atoms with Crippen LogP contribution in [0.2, 0.25) is 0 Å². The topological polar surface area (TPSA) is 99.5 Å². The number of nitriles is 1. The molecule has 3 aromatic rings. The fraction of sp³-hybridized carbons (Fsp3) is 0.167. The van der Waals surface area contributed by atoms with Gasteiger partial charge in [0.25, 0.3) is 0 Å². The van der Waals surface area contributed by atoms with E-state index in [1.807, 2.05) is 6.07 Å². The number of likely N-dealkylation sites (N-methyl/N-ethyl adjacent to an activating group) is 1. The van der Waals surface area contributed by atoms with Crippen molar-refractivity contribution in [3.8, 4) is 11.8 Å². The van der Waals surface area contributed by atoms with E-state index in [1.165, 1.54) is 43.4 Å². The molecule has 0 spiro atoms. The third-order valence-electron chi connectivity index (χ3n) is 4.93. The van der Waals surface area contributed by atoms with Crippen LogP contribution >= 0.6 is 0 Å². The van der Waals surface area contributed by atoms with E-state index in [2.05, 4.69) is 10.1 Å². The molecule has 1 unspecified atom stereocenters. The van der Waals surface area contributed by atoms with E-state index >= 15 is 0 Å². The molecule has 0 aromatic heterocycles. The predicted octanol–water partition coefficient (Wildman–Crippen LogP) is 3.69. The van der Waals surface area contributed by atoms with Gasteiger partial charge in [-0.15, -0.1) is 0 Å². The Balaban J connectivity index is 1.78. The first-order valence-electron chi connectivity index (χ1n) is 10.1. The fourth-order valence-electron chi connectivity index (χ4n) is 3.22. The van der Waals surface area contributed by atoms with Crippen molar-refractivity contribution in [1.82, 2.24) is 9.62 Å². The Labute approximate surface area is 196 Å². The number of halogens is 2. The van der Waals surface area contributed by atoms with Gasteiger partial charge < -0.3 is 10.1 Å². The molecule has 176 valence electrons. The summed E-state index contributed by atoms with van der Waals surface area (Å²) in [7, 11) is -2.69. The lowest BCUT2D eigenvalue weighted by molar-refractivity contribution is -0.121. The summed E-state index contributed by atoms with van der Waals surface area (Å²) >= 11 is 0. The van der Waals surface area contributed by atoms with Crippen molar-refractivity contribution in [1.29, 1.82) is 5.26 Å². The van der Waals surface area contributed by atoms with Crippen molar-refractivity contribution in [3.05, 3.63) is 95.6 Å². The molecule has 0 bridgehead atoms. The zero-order valence-corrected chi connectivity index (χ0v) is 18.9. The number of nitrogens with zero attached hydrogens (tertiary/aromatic N) is 2. The van der Waals surface area contributed by atoms with Gasteiger partial charge in [0, 0.05) is 7.05 Å². The summed E-state index contributed by atoms with van der Waals surface area (Å²) in [6.07, 6.45) is 0. The van der Waals surface area contributed by atoms with Crippen molar-refractivity contribution in [3.63, 3.8) is 0 Å². The Morgan fingerprint density at radius 3 is 2.15 bits per heavy atom. The first-order valence-corrected chi connectivity index (χ1v) is 11.5. The van der Waals surface area contributed by atoms with Gasteiger partial charge in [0.1, 0.15) is 5.75 Å². The van der Waals surface area contributed by atoms with Crippen LogP contribution in [0.4, 0.5) is 8.78 Å². The summed E-state index contributed by atoms with van der Waals surface area (Å²) < 4.78 is 55.8. The van der Waals surface area contributed by atoms with Crippen LogP contribution < -0.4 is 10.1 Å². The number of nitrogens with one attached hydrogen (secondary N) is 1. The number of ether oxygens (including phenoxy) is 1. The van der Waals surface area contributed by atoms with Gasteiger partial charge in [-0.05, 0) is 47.5 Å². The number of hydrogen-bond donors (Lipinski definition) is 1. The normalized spacial score (nSPS) is 12.2. The smallest absolute Gasteiger partial charge is 0.387 e. The van der Waals surface area contributed by atoms with Gasteiger partial charge in [0.2, 0.25) is 15.9 Å². The molecule has 0 aliphatic rings. The van der Waals surface area contributed by atoms with Gasteiger partial charge in [-0.2, -0.15) is 18.3 Å². The van der Waals surface area contributed by atoms with Crippen LogP contribution in [0, 0.1) is 11.3 Å². The molecule has 1 amide bonds. The first-order chi connectivity index (χ1) is 16.2. The molecule has 3 aromatic carbocycles. The molecule has 0 heterocycles. The monoisotopic (exact) mass is 485 g/mol. The Morgan fingerprint density at radius 2 is 1.59 bits per heavy atom. The van der Waals surface area contributed by atoms with Crippen LogP contribution in [0.1, 0.15) is 22.7 Å². The number of carbonyl (C=O) groups excluding carboxylic acids is 1. The van der Waals surface area contributed by atoms with Gasteiger partial charge >= 0.3 is 6.61 Å². The first kappa shape index (κ1) is 24.8. The summed E-state index contributed by atoms with van der Waals surface area (Å²) in [6, 6.07) is 21.4. The third-order valence-corrected chi connectivity index (χ3v) is 6.75. The maximum atomic E-state index is 12.8. The lowest BCUT2D eigenvalue weighted by Crippen LogP contribution is -2.40. The van der Waals surface area contributed by atoms with Gasteiger partial charge in [-0.1, -0.05) is 42.5 Å². The van der Waals surface area contributed by atoms with Crippen LogP contribution in [0.15, 0.2) is 83.8 Å². The molecule has 34 heavy (non-hydrogen) atoms. The van der Waals surface area contributed by atoms with E-state index in [9.17, 15) is 22.0 Å². The average Bonchev–Trinajstić information content (AvgIpc) is 2.83. The standard InChI is InChI=1S/C24H21F2N3O4S/c1-29(34(31,32)21-13-7-17(15-27)8-14-21)16-22(30)28-23(18-5-3-2-4-6-18)19-9-11-20(12-10-19)33-24(25)26/h2-14,23-24H,16H2,1H3,(H,28,30). The second kappa shape index (κ2) is 10.9. The molecule has 0 saturated heterocycles. The molecule has 0 aliphatic heterocycles. The summed E-state index contributed by atoms with van der Waals surface area (Å²) in [5.74, 6) is -0.591. The highest BCUT2D eigenvalue weighted by Gasteiger charge is 2.25. The van der Waals surface area contributed by atoms with Crippen molar-refractivity contribution < 1.29 is 26.7 Å². The Bertz CT molecular complexity index is 1260. The van der Waals surface area contributed by atoms with Crippen LogP contribution in [-0.2, 0) is 14.8 Å². The molecule has 3 rings (SSSR count). The quantitative estimate of drug-likeness (QED) is 0.498. The maximum absolute atomic E-state index is 12.8. The summed E-state index contributed by atoms with van der Waals surface area (Å²) in [4.78, 5) is 12.8. The lowest BCUT2D eigenvalue weighted by atomic mass is 9.98. The maximum Gasteiger partial charge on any atom is 0.387 e. The molecule has 0 radical (unpaired) electrons. The van der Waals surface area contributed by atoms with Crippen molar-refractivity contribution in [2.45, 2.75) is 17.5 Å².